The lowest BCUT2D eigenvalue weighted by molar-refractivity contribution is 0.180. The quantitative estimate of drug-likeness (QED) is 0.812. The molecule has 1 aliphatic rings. The first-order valence-electron chi connectivity index (χ1n) is 8.34. The number of halogens is 1. The molecule has 0 N–H and O–H groups in total. The second-order valence-corrected chi connectivity index (χ2v) is 5.88. The minimum absolute atomic E-state index is 0.246. The van der Waals surface area contributed by atoms with Crippen LogP contribution in [0, 0.1) is 5.82 Å². The minimum atomic E-state index is -0.246. The summed E-state index contributed by atoms with van der Waals surface area (Å²) in [6.07, 6.45) is 4.04. The molecule has 3 rings (SSSR count). The van der Waals surface area contributed by atoms with E-state index in [0.29, 0.717) is 25.1 Å². The van der Waals surface area contributed by atoms with Crippen LogP contribution in [-0.4, -0.2) is 42.8 Å². The Bertz CT molecular complexity index is 664. The van der Waals surface area contributed by atoms with Gasteiger partial charge in [-0.05, 0) is 50.1 Å². The number of nitrogens with zero attached hydrogens (tertiary/aromatic N) is 4. The Labute approximate surface area is 142 Å². The van der Waals surface area contributed by atoms with Crippen LogP contribution in [0.4, 0.5) is 21.8 Å². The molecule has 6 heteroatoms. The molecule has 1 aromatic carbocycles. The predicted molar refractivity (Wildman–Crippen MR) is 93.4 cm³/mol. The molecular formula is C18H23FN4O. The van der Waals surface area contributed by atoms with Crippen LogP contribution in [0.15, 0.2) is 36.5 Å². The van der Waals surface area contributed by atoms with E-state index in [4.69, 9.17) is 9.72 Å². The summed E-state index contributed by atoms with van der Waals surface area (Å²) in [6, 6.07) is 8.71. The molecule has 128 valence electrons. The van der Waals surface area contributed by atoms with Crippen molar-refractivity contribution in [1.29, 1.82) is 0 Å². The van der Waals surface area contributed by atoms with Gasteiger partial charge in [0.15, 0.2) is 0 Å². The highest BCUT2D eigenvalue weighted by molar-refractivity contribution is 5.58. The number of hydrogen-bond acceptors (Lipinski definition) is 5. The highest BCUT2D eigenvalue weighted by Gasteiger charge is 2.26. The SMILES string of the molecule is CCN(c1ccc(F)cc1)c1nccc(N2CCC[C@H]2COC)n1. The fourth-order valence-electron chi connectivity index (χ4n) is 3.19. The van der Waals surface area contributed by atoms with Crippen molar-refractivity contribution in [3.8, 4) is 0 Å². The fraction of sp³-hybridized carbons (Fsp3) is 0.444. The van der Waals surface area contributed by atoms with Gasteiger partial charge in [-0.1, -0.05) is 0 Å². The van der Waals surface area contributed by atoms with Crippen molar-refractivity contribution in [2.45, 2.75) is 25.8 Å². The third kappa shape index (κ3) is 3.48. The van der Waals surface area contributed by atoms with E-state index < -0.39 is 0 Å². The summed E-state index contributed by atoms with van der Waals surface area (Å²) in [5, 5.41) is 0. The maximum Gasteiger partial charge on any atom is 0.231 e. The molecule has 0 saturated carbocycles. The molecular weight excluding hydrogens is 307 g/mol. The molecule has 1 aromatic heterocycles. The van der Waals surface area contributed by atoms with E-state index in [1.807, 2.05) is 17.9 Å². The van der Waals surface area contributed by atoms with E-state index in [2.05, 4.69) is 9.88 Å². The fourth-order valence-corrected chi connectivity index (χ4v) is 3.19. The zero-order valence-electron chi connectivity index (χ0n) is 14.2. The number of ether oxygens (including phenoxy) is 1. The van der Waals surface area contributed by atoms with Gasteiger partial charge in [0.25, 0.3) is 0 Å². The van der Waals surface area contributed by atoms with Gasteiger partial charge in [-0.3, -0.25) is 0 Å². The maximum absolute atomic E-state index is 13.2. The minimum Gasteiger partial charge on any atom is -0.383 e. The molecule has 0 spiro atoms. The van der Waals surface area contributed by atoms with Crippen molar-refractivity contribution in [3.05, 3.63) is 42.3 Å². The van der Waals surface area contributed by atoms with Crippen LogP contribution in [0.25, 0.3) is 0 Å². The molecule has 0 bridgehead atoms. The number of hydrogen-bond donors (Lipinski definition) is 0. The summed E-state index contributed by atoms with van der Waals surface area (Å²) >= 11 is 0. The number of benzene rings is 1. The molecule has 24 heavy (non-hydrogen) atoms. The molecule has 2 heterocycles. The van der Waals surface area contributed by atoms with E-state index in [0.717, 1.165) is 30.9 Å². The van der Waals surface area contributed by atoms with E-state index in [-0.39, 0.29) is 5.82 Å². The third-order valence-electron chi connectivity index (χ3n) is 4.35. The normalized spacial score (nSPS) is 17.3. The van der Waals surface area contributed by atoms with E-state index in [9.17, 15) is 4.39 Å². The Kier molecular flexibility index (Phi) is 5.25. The lowest BCUT2D eigenvalue weighted by atomic mass is 10.2. The van der Waals surface area contributed by atoms with Gasteiger partial charge in [-0.25, -0.2) is 9.37 Å². The van der Waals surface area contributed by atoms with E-state index in [1.54, 1.807) is 25.4 Å². The Hall–Kier alpha value is -2.21. The van der Waals surface area contributed by atoms with Crippen molar-refractivity contribution in [1.82, 2.24) is 9.97 Å². The van der Waals surface area contributed by atoms with Crippen LogP contribution >= 0.6 is 0 Å². The Balaban J connectivity index is 1.87. The average molecular weight is 330 g/mol. The van der Waals surface area contributed by atoms with Crippen LogP contribution in [0.5, 0.6) is 0 Å². The summed E-state index contributed by atoms with van der Waals surface area (Å²) in [6.45, 7) is 4.42. The standard InChI is InChI=1S/C18H23FN4O/c1-3-22(15-8-6-14(19)7-9-15)18-20-11-10-17(21-18)23-12-4-5-16(23)13-24-2/h6-11,16H,3-5,12-13H2,1-2H3/t16-/m0/s1. The Morgan fingerprint density at radius 1 is 1.29 bits per heavy atom. The van der Waals surface area contributed by atoms with Gasteiger partial charge in [0.1, 0.15) is 11.6 Å². The van der Waals surface area contributed by atoms with Crippen LogP contribution in [0.2, 0.25) is 0 Å². The molecule has 1 saturated heterocycles. The molecule has 0 aliphatic carbocycles. The monoisotopic (exact) mass is 330 g/mol. The highest BCUT2D eigenvalue weighted by Crippen LogP contribution is 2.27. The first kappa shape index (κ1) is 16.6. The number of rotatable bonds is 6. The Morgan fingerprint density at radius 2 is 2.08 bits per heavy atom. The average Bonchev–Trinajstić information content (AvgIpc) is 3.06. The van der Waals surface area contributed by atoms with Crippen LogP contribution < -0.4 is 9.80 Å². The van der Waals surface area contributed by atoms with Crippen LogP contribution in [0.3, 0.4) is 0 Å². The smallest absolute Gasteiger partial charge is 0.231 e. The van der Waals surface area contributed by atoms with Crippen molar-refractivity contribution >= 4 is 17.5 Å². The predicted octanol–water partition coefficient (Wildman–Crippen LogP) is 3.39. The molecule has 0 amide bonds. The zero-order chi connectivity index (χ0) is 16.9. The molecule has 5 nitrogen and oxygen atoms in total. The first-order valence-corrected chi connectivity index (χ1v) is 8.34. The Morgan fingerprint density at radius 3 is 2.79 bits per heavy atom. The van der Waals surface area contributed by atoms with Gasteiger partial charge >= 0.3 is 0 Å². The molecule has 1 atom stereocenters. The third-order valence-corrected chi connectivity index (χ3v) is 4.35. The van der Waals surface area contributed by atoms with Gasteiger partial charge in [-0.2, -0.15) is 4.98 Å². The number of methoxy groups -OCH3 is 1. The van der Waals surface area contributed by atoms with Crippen molar-refractivity contribution in [2.75, 3.05) is 36.6 Å². The van der Waals surface area contributed by atoms with Crippen LogP contribution in [0.1, 0.15) is 19.8 Å². The summed E-state index contributed by atoms with van der Waals surface area (Å²) in [4.78, 5) is 13.4. The number of aromatic nitrogens is 2. The van der Waals surface area contributed by atoms with E-state index in [1.165, 1.54) is 12.1 Å². The lowest BCUT2D eigenvalue weighted by Gasteiger charge is -2.27. The molecule has 0 unspecified atom stereocenters. The molecule has 1 aliphatic heterocycles. The van der Waals surface area contributed by atoms with Gasteiger partial charge in [0, 0.05) is 32.1 Å². The molecule has 0 radical (unpaired) electrons. The topological polar surface area (TPSA) is 41.5 Å². The second kappa shape index (κ2) is 7.57. The first-order chi connectivity index (χ1) is 11.7. The molecule has 2 aromatic rings. The second-order valence-electron chi connectivity index (χ2n) is 5.88. The highest BCUT2D eigenvalue weighted by atomic mass is 19.1. The van der Waals surface area contributed by atoms with Gasteiger partial charge < -0.3 is 14.5 Å². The van der Waals surface area contributed by atoms with E-state index >= 15 is 0 Å². The molecule has 1 fully saturated rings. The van der Waals surface area contributed by atoms with Gasteiger partial charge in [0.2, 0.25) is 5.95 Å². The summed E-state index contributed by atoms with van der Waals surface area (Å²) < 4.78 is 18.5. The lowest BCUT2D eigenvalue weighted by Crippen LogP contribution is -2.33. The van der Waals surface area contributed by atoms with Crippen molar-refractivity contribution in [3.63, 3.8) is 0 Å². The summed E-state index contributed by atoms with van der Waals surface area (Å²) in [7, 11) is 1.73. The van der Waals surface area contributed by atoms with Crippen molar-refractivity contribution in [2.24, 2.45) is 0 Å². The van der Waals surface area contributed by atoms with Gasteiger partial charge in [-0.15, -0.1) is 0 Å². The largest absolute Gasteiger partial charge is 0.383 e. The summed E-state index contributed by atoms with van der Waals surface area (Å²) in [5.74, 6) is 1.30. The van der Waals surface area contributed by atoms with Gasteiger partial charge in [0.05, 0.1) is 12.6 Å². The zero-order valence-corrected chi connectivity index (χ0v) is 14.2. The van der Waals surface area contributed by atoms with Crippen LogP contribution in [-0.2, 0) is 4.74 Å². The summed E-state index contributed by atoms with van der Waals surface area (Å²) in [5.41, 5.74) is 0.880. The maximum atomic E-state index is 13.2. The van der Waals surface area contributed by atoms with Crippen molar-refractivity contribution < 1.29 is 9.13 Å². The number of anilines is 3.